The monoisotopic (exact) mass is 342 g/mol. The van der Waals surface area contributed by atoms with Crippen LogP contribution in [-0.4, -0.2) is 50.0 Å². The van der Waals surface area contributed by atoms with E-state index in [1.54, 1.807) is 33.3 Å². The van der Waals surface area contributed by atoms with E-state index >= 15 is 0 Å². The minimum absolute atomic E-state index is 0.00750. The van der Waals surface area contributed by atoms with Crippen LogP contribution in [-0.2, 0) is 19.1 Å². The first-order valence-electron chi connectivity index (χ1n) is 7.82. The second kappa shape index (κ2) is 12.6. The van der Waals surface area contributed by atoms with Crippen LogP contribution in [0.1, 0.15) is 53.4 Å². The van der Waals surface area contributed by atoms with Gasteiger partial charge in [0.15, 0.2) is 0 Å². The van der Waals surface area contributed by atoms with Crippen LogP contribution in [0.2, 0.25) is 0 Å². The Kier molecular flexibility index (Phi) is 12.8. The van der Waals surface area contributed by atoms with E-state index in [-0.39, 0.29) is 23.3 Å². The van der Waals surface area contributed by atoms with Gasteiger partial charge < -0.3 is 9.84 Å². The summed E-state index contributed by atoms with van der Waals surface area (Å²) in [6.07, 6.45) is 6.10. The lowest BCUT2D eigenvalue weighted by Crippen LogP contribution is -2.39. The maximum absolute atomic E-state index is 10.3. The molecule has 24 heavy (non-hydrogen) atoms. The van der Waals surface area contributed by atoms with Crippen molar-refractivity contribution in [3.8, 4) is 0 Å². The predicted octanol–water partition coefficient (Wildman–Crippen LogP) is 2.99. The third-order valence-corrected chi connectivity index (χ3v) is 3.49. The average molecular weight is 342 g/mol. The normalized spacial score (nSPS) is 23.8. The summed E-state index contributed by atoms with van der Waals surface area (Å²) in [6.45, 7) is 8.46. The summed E-state index contributed by atoms with van der Waals surface area (Å²) < 4.78 is 4.25. The number of isocyanates is 2. The van der Waals surface area contributed by atoms with Gasteiger partial charge in [-0.3, -0.25) is 4.79 Å². The molecule has 1 rings (SSSR count). The van der Waals surface area contributed by atoms with Gasteiger partial charge in [-0.05, 0) is 30.1 Å². The molecule has 2 atom stereocenters. The molecule has 0 aliphatic heterocycles. The molecule has 0 radical (unpaired) electrons. The van der Waals surface area contributed by atoms with Crippen LogP contribution < -0.4 is 0 Å². The van der Waals surface area contributed by atoms with Crippen molar-refractivity contribution in [2.45, 2.75) is 59.4 Å². The third kappa shape index (κ3) is 12.7. The minimum Gasteiger partial charge on any atom is -0.481 e. The molecule has 1 aliphatic carbocycles. The fourth-order valence-electron chi connectivity index (χ4n) is 3.09. The molecule has 0 aromatic carbocycles. The smallest absolute Gasteiger partial charge is 0.303 e. The van der Waals surface area contributed by atoms with Crippen molar-refractivity contribution in [1.29, 1.82) is 0 Å². The van der Waals surface area contributed by atoms with Crippen LogP contribution in [0.5, 0.6) is 0 Å². The number of hydrogen-bond acceptors (Lipinski definition) is 6. The molecule has 0 aromatic rings. The van der Waals surface area contributed by atoms with Crippen molar-refractivity contribution in [1.82, 2.24) is 0 Å². The number of carbonyl (C=O) groups is 1. The third-order valence-electron chi connectivity index (χ3n) is 3.49. The summed E-state index contributed by atoms with van der Waals surface area (Å²) in [6, 6.07) is 0.00750. The Morgan fingerprint density at radius 3 is 2.08 bits per heavy atom. The number of nitrogens with zero attached hydrogens (tertiary/aromatic N) is 2. The maximum atomic E-state index is 10.3. The van der Waals surface area contributed by atoms with Crippen molar-refractivity contribution < 1.29 is 24.2 Å². The fourth-order valence-corrected chi connectivity index (χ4v) is 3.09. The topological polar surface area (TPSA) is 105 Å². The Hall–Kier alpha value is -1.81. The van der Waals surface area contributed by atoms with Crippen LogP contribution >= 0.6 is 0 Å². The van der Waals surface area contributed by atoms with Gasteiger partial charge in [-0.1, -0.05) is 27.7 Å². The van der Waals surface area contributed by atoms with Gasteiger partial charge in [0.1, 0.15) is 0 Å². The SMILES string of the molecule is CC1(C)CC(N=C=O)CC(C)(CN=C=O)C1.CCC(=O)O.COC. The minimum atomic E-state index is -0.745. The standard InChI is InChI=1S/C12H18N2O2.C3H6O2.C2H6O/c1-11(2)4-10(14-9-16)5-12(3,6-11)7-13-8-15;1-2-3(4)5;1-3-2/h10H,4-7H2,1-3H3;2H2,1H3,(H,4,5);1-2H3. The highest BCUT2D eigenvalue weighted by atomic mass is 16.4. The zero-order valence-electron chi connectivity index (χ0n) is 15.6. The average Bonchev–Trinajstić information content (AvgIpc) is 2.45. The molecule has 7 heteroatoms. The van der Waals surface area contributed by atoms with Crippen molar-refractivity contribution in [2.75, 3.05) is 20.8 Å². The van der Waals surface area contributed by atoms with E-state index in [2.05, 4.69) is 35.5 Å². The second-order valence-electron chi connectivity index (χ2n) is 7.00. The highest BCUT2D eigenvalue weighted by molar-refractivity contribution is 5.66. The Balaban J connectivity index is 0. The van der Waals surface area contributed by atoms with Crippen molar-refractivity contribution >= 4 is 18.1 Å². The van der Waals surface area contributed by atoms with Gasteiger partial charge in [0, 0.05) is 20.6 Å². The molecule has 0 heterocycles. The van der Waals surface area contributed by atoms with Crippen LogP contribution in [0.25, 0.3) is 0 Å². The number of methoxy groups -OCH3 is 1. The zero-order valence-corrected chi connectivity index (χ0v) is 15.6. The van der Waals surface area contributed by atoms with E-state index < -0.39 is 5.97 Å². The first kappa shape index (κ1) is 24.4. The Morgan fingerprint density at radius 2 is 1.71 bits per heavy atom. The molecule has 0 aromatic heterocycles. The van der Waals surface area contributed by atoms with E-state index in [1.165, 1.54) is 0 Å². The van der Waals surface area contributed by atoms with E-state index in [4.69, 9.17) is 5.11 Å². The van der Waals surface area contributed by atoms with Gasteiger partial charge >= 0.3 is 5.97 Å². The highest BCUT2D eigenvalue weighted by Crippen LogP contribution is 2.47. The number of rotatable bonds is 4. The molecule has 1 saturated carbocycles. The molecule has 7 nitrogen and oxygen atoms in total. The van der Waals surface area contributed by atoms with E-state index in [9.17, 15) is 14.4 Å². The molecule has 0 bridgehead atoms. The molecule has 0 spiro atoms. The van der Waals surface area contributed by atoms with E-state index in [1.807, 2.05) is 0 Å². The lowest BCUT2D eigenvalue weighted by atomic mass is 9.63. The van der Waals surface area contributed by atoms with Crippen molar-refractivity contribution in [3.63, 3.8) is 0 Å². The van der Waals surface area contributed by atoms with Gasteiger partial charge in [-0.2, -0.15) is 0 Å². The number of aliphatic imine (C=N–C) groups is 2. The molecule has 1 N–H and O–H groups in total. The Labute approximate surface area is 144 Å². The largest absolute Gasteiger partial charge is 0.481 e. The quantitative estimate of drug-likeness (QED) is 0.624. The molecule has 2 unspecified atom stereocenters. The lowest BCUT2D eigenvalue weighted by Gasteiger charge is -2.44. The highest BCUT2D eigenvalue weighted by Gasteiger charge is 2.41. The summed E-state index contributed by atoms with van der Waals surface area (Å²) >= 11 is 0. The maximum Gasteiger partial charge on any atom is 0.303 e. The predicted molar refractivity (Wildman–Crippen MR) is 91.5 cm³/mol. The van der Waals surface area contributed by atoms with Crippen LogP contribution in [0.15, 0.2) is 9.98 Å². The Bertz CT molecular complexity index is 466. The lowest BCUT2D eigenvalue weighted by molar-refractivity contribution is -0.136. The number of carbonyl (C=O) groups excluding carboxylic acids is 2. The van der Waals surface area contributed by atoms with Crippen LogP contribution in [0, 0.1) is 10.8 Å². The molecule has 0 saturated heterocycles. The molecule has 138 valence electrons. The van der Waals surface area contributed by atoms with Gasteiger partial charge in [-0.15, -0.1) is 0 Å². The molecule has 1 aliphatic rings. The van der Waals surface area contributed by atoms with Gasteiger partial charge in [0.05, 0.1) is 12.6 Å². The summed E-state index contributed by atoms with van der Waals surface area (Å²) in [5.41, 5.74) is 0.0561. The fraction of sp³-hybridized carbons (Fsp3) is 0.824. The first-order valence-corrected chi connectivity index (χ1v) is 7.82. The number of aliphatic carboxylic acids is 1. The van der Waals surface area contributed by atoms with Gasteiger partial charge in [0.2, 0.25) is 12.2 Å². The number of carboxylic acids is 1. The molecular formula is C17H30N2O5. The molecule has 0 amide bonds. The van der Waals surface area contributed by atoms with Gasteiger partial charge in [0.25, 0.3) is 0 Å². The summed E-state index contributed by atoms with van der Waals surface area (Å²) in [4.78, 5) is 37.4. The molecule has 1 fully saturated rings. The van der Waals surface area contributed by atoms with E-state index in [0.29, 0.717) is 6.54 Å². The first-order chi connectivity index (χ1) is 11.1. The number of hydrogen-bond donors (Lipinski definition) is 1. The van der Waals surface area contributed by atoms with Crippen molar-refractivity contribution in [2.24, 2.45) is 20.8 Å². The zero-order chi connectivity index (χ0) is 19.2. The van der Waals surface area contributed by atoms with E-state index in [0.717, 1.165) is 19.3 Å². The summed E-state index contributed by atoms with van der Waals surface area (Å²) in [5, 5.41) is 7.72. The summed E-state index contributed by atoms with van der Waals surface area (Å²) in [7, 11) is 3.25. The molecular weight excluding hydrogens is 312 g/mol. The van der Waals surface area contributed by atoms with Crippen LogP contribution in [0.3, 0.4) is 0 Å². The second-order valence-corrected chi connectivity index (χ2v) is 7.00. The Morgan fingerprint density at radius 1 is 1.21 bits per heavy atom. The van der Waals surface area contributed by atoms with Crippen molar-refractivity contribution in [3.05, 3.63) is 0 Å². The number of ether oxygens (including phenoxy) is 1. The van der Waals surface area contributed by atoms with Gasteiger partial charge in [-0.25, -0.2) is 19.6 Å². The number of carboxylic acid groups (broad SMARTS) is 1. The summed E-state index contributed by atoms with van der Waals surface area (Å²) in [5.74, 6) is -0.745. The van der Waals surface area contributed by atoms with Crippen LogP contribution in [0.4, 0.5) is 0 Å².